The van der Waals surface area contributed by atoms with E-state index in [1.807, 2.05) is 26.0 Å². The number of nitrogens with zero attached hydrogens (tertiary/aromatic N) is 4. The third-order valence-corrected chi connectivity index (χ3v) is 2.15. The third-order valence-electron chi connectivity index (χ3n) is 2.15. The zero-order valence-corrected chi connectivity index (χ0v) is 8.81. The topological polar surface area (TPSA) is 40.9 Å². The molecule has 0 aliphatic carbocycles. The molecule has 15 heavy (non-hydrogen) atoms. The van der Waals surface area contributed by atoms with Crippen LogP contribution >= 0.6 is 0 Å². The summed E-state index contributed by atoms with van der Waals surface area (Å²) in [6.07, 6.45) is 1.73. The summed E-state index contributed by atoms with van der Waals surface area (Å²) < 4.78 is 0. The standard InChI is InChI=1S/C11H12N4/c1-4-10-11-9(6-5-7-12-11)13-14-15(10)8(2)3/h5-8H,1H2,2-3H3. The molecule has 0 aromatic carbocycles. The van der Waals surface area contributed by atoms with Crippen LogP contribution in [0.15, 0.2) is 41.0 Å². The van der Waals surface area contributed by atoms with Crippen molar-refractivity contribution in [1.82, 2.24) is 9.99 Å². The number of pyridine rings is 1. The molecule has 1 aromatic rings. The molecule has 0 spiro atoms. The first-order valence-electron chi connectivity index (χ1n) is 4.80. The van der Waals surface area contributed by atoms with E-state index in [1.54, 1.807) is 11.2 Å². The van der Waals surface area contributed by atoms with Crippen LogP contribution in [-0.2, 0) is 0 Å². The van der Waals surface area contributed by atoms with Gasteiger partial charge in [-0.05, 0) is 26.0 Å². The monoisotopic (exact) mass is 200 g/mol. The van der Waals surface area contributed by atoms with Gasteiger partial charge in [0.1, 0.15) is 17.1 Å². The molecule has 2 heterocycles. The fraction of sp³-hybridized carbons (Fsp3) is 0.273. The molecule has 0 saturated carbocycles. The normalized spacial score (nSPS) is 14.1. The minimum absolute atomic E-state index is 0.216. The number of rotatable bonds is 1. The zero-order valence-electron chi connectivity index (χ0n) is 8.81. The Morgan fingerprint density at radius 3 is 2.93 bits per heavy atom. The summed E-state index contributed by atoms with van der Waals surface area (Å²) in [5.74, 6) is 0. The molecule has 2 rings (SSSR count). The summed E-state index contributed by atoms with van der Waals surface area (Å²) in [4.78, 5) is 4.27. The fourth-order valence-electron chi connectivity index (χ4n) is 1.44. The van der Waals surface area contributed by atoms with Crippen molar-refractivity contribution in [3.05, 3.63) is 36.3 Å². The molecule has 0 fully saturated rings. The van der Waals surface area contributed by atoms with Crippen molar-refractivity contribution in [2.24, 2.45) is 10.3 Å². The van der Waals surface area contributed by atoms with Crippen LogP contribution in [0.5, 0.6) is 0 Å². The molecule has 1 aliphatic heterocycles. The van der Waals surface area contributed by atoms with Gasteiger partial charge in [0.05, 0.1) is 0 Å². The quantitative estimate of drug-likeness (QED) is 0.654. The van der Waals surface area contributed by atoms with Gasteiger partial charge in [-0.25, -0.2) is 5.01 Å². The molecule has 0 radical (unpaired) electrons. The summed E-state index contributed by atoms with van der Waals surface area (Å²) in [6.45, 7) is 7.73. The first-order valence-corrected chi connectivity index (χ1v) is 4.80. The molecule has 4 nitrogen and oxygen atoms in total. The number of aromatic nitrogens is 1. The lowest BCUT2D eigenvalue weighted by molar-refractivity contribution is 0.321. The van der Waals surface area contributed by atoms with Crippen LogP contribution in [0.25, 0.3) is 5.70 Å². The minimum atomic E-state index is 0.216. The number of hydrogen-bond donors (Lipinski definition) is 0. The van der Waals surface area contributed by atoms with Crippen molar-refractivity contribution < 1.29 is 0 Å². The molecule has 0 saturated heterocycles. The van der Waals surface area contributed by atoms with Gasteiger partial charge in [-0.1, -0.05) is 17.5 Å². The van der Waals surface area contributed by atoms with Crippen LogP contribution < -0.4 is 0 Å². The molecule has 76 valence electrons. The number of hydrogen-bond acceptors (Lipinski definition) is 4. The fourth-order valence-corrected chi connectivity index (χ4v) is 1.44. The molecule has 0 amide bonds. The lowest BCUT2D eigenvalue weighted by Gasteiger charge is -2.26. The SMILES string of the molecule is C=C=C1c2ncccc2N=NN1C(C)C. The second-order valence-corrected chi connectivity index (χ2v) is 3.52. The Morgan fingerprint density at radius 2 is 2.27 bits per heavy atom. The van der Waals surface area contributed by atoms with E-state index in [9.17, 15) is 0 Å². The molecular formula is C11H12N4. The second-order valence-electron chi connectivity index (χ2n) is 3.52. The van der Waals surface area contributed by atoms with Gasteiger partial charge in [0.15, 0.2) is 0 Å². The molecule has 0 bridgehead atoms. The molecule has 1 aromatic heterocycles. The maximum absolute atomic E-state index is 4.27. The summed E-state index contributed by atoms with van der Waals surface area (Å²) in [7, 11) is 0. The first-order chi connectivity index (χ1) is 7.24. The van der Waals surface area contributed by atoms with Gasteiger partial charge >= 0.3 is 0 Å². The largest absolute Gasteiger partial charge is 0.252 e. The van der Waals surface area contributed by atoms with Crippen molar-refractivity contribution in [1.29, 1.82) is 0 Å². The molecule has 4 heteroatoms. The highest BCUT2D eigenvalue weighted by Crippen LogP contribution is 2.32. The second kappa shape index (κ2) is 3.67. The molecule has 1 aliphatic rings. The van der Waals surface area contributed by atoms with E-state index in [4.69, 9.17) is 0 Å². The van der Waals surface area contributed by atoms with Crippen molar-refractivity contribution in [2.45, 2.75) is 19.9 Å². The van der Waals surface area contributed by atoms with Crippen LogP contribution in [0.2, 0.25) is 0 Å². The Kier molecular flexibility index (Phi) is 2.35. The highest BCUT2D eigenvalue weighted by atomic mass is 15.6. The zero-order chi connectivity index (χ0) is 10.8. The van der Waals surface area contributed by atoms with Crippen molar-refractivity contribution >= 4 is 11.4 Å². The van der Waals surface area contributed by atoms with E-state index in [0.29, 0.717) is 0 Å². The Bertz CT molecular complexity index is 455. The van der Waals surface area contributed by atoms with Crippen LogP contribution in [0, 0.1) is 0 Å². The van der Waals surface area contributed by atoms with Gasteiger partial charge in [-0.3, -0.25) is 4.98 Å². The van der Waals surface area contributed by atoms with Gasteiger partial charge in [0.25, 0.3) is 0 Å². The Balaban J connectivity index is 2.56. The van der Waals surface area contributed by atoms with Crippen molar-refractivity contribution in [3.8, 4) is 0 Å². The van der Waals surface area contributed by atoms with Crippen LogP contribution in [0.1, 0.15) is 19.5 Å². The predicted molar refractivity (Wildman–Crippen MR) is 58.3 cm³/mol. The van der Waals surface area contributed by atoms with E-state index in [0.717, 1.165) is 17.1 Å². The van der Waals surface area contributed by atoms with Gasteiger partial charge in [0, 0.05) is 12.2 Å². The molecule has 0 N–H and O–H groups in total. The Labute approximate surface area is 88.6 Å². The molecular weight excluding hydrogens is 188 g/mol. The van der Waals surface area contributed by atoms with E-state index >= 15 is 0 Å². The van der Waals surface area contributed by atoms with Crippen molar-refractivity contribution in [3.63, 3.8) is 0 Å². The maximum Gasteiger partial charge on any atom is 0.131 e. The Hall–Kier alpha value is -1.93. The highest BCUT2D eigenvalue weighted by molar-refractivity contribution is 5.70. The highest BCUT2D eigenvalue weighted by Gasteiger charge is 2.22. The molecule has 0 unspecified atom stereocenters. The average Bonchev–Trinajstić information content (AvgIpc) is 2.27. The Morgan fingerprint density at radius 1 is 1.47 bits per heavy atom. The number of fused-ring (bicyclic) bond motifs is 1. The summed E-state index contributed by atoms with van der Waals surface area (Å²) in [6, 6.07) is 3.93. The lowest BCUT2D eigenvalue weighted by atomic mass is 10.2. The van der Waals surface area contributed by atoms with E-state index in [2.05, 4.69) is 27.6 Å². The minimum Gasteiger partial charge on any atom is -0.252 e. The van der Waals surface area contributed by atoms with Crippen LogP contribution in [0.4, 0.5) is 5.69 Å². The summed E-state index contributed by atoms with van der Waals surface area (Å²) in [5, 5.41) is 9.96. The average molecular weight is 200 g/mol. The first kappa shape index (κ1) is 9.62. The van der Waals surface area contributed by atoms with Gasteiger partial charge in [-0.15, -0.1) is 5.11 Å². The van der Waals surface area contributed by atoms with Crippen molar-refractivity contribution in [2.75, 3.05) is 0 Å². The predicted octanol–water partition coefficient (Wildman–Crippen LogP) is 2.93. The van der Waals surface area contributed by atoms with E-state index in [-0.39, 0.29) is 6.04 Å². The lowest BCUT2D eigenvalue weighted by Crippen LogP contribution is -2.25. The summed E-state index contributed by atoms with van der Waals surface area (Å²) in [5.41, 5.74) is 5.21. The van der Waals surface area contributed by atoms with Gasteiger partial charge in [-0.2, -0.15) is 0 Å². The van der Waals surface area contributed by atoms with Gasteiger partial charge in [0.2, 0.25) is 0 Å². The van der Waals surface area contributed by atoms with Crippen LogP contribution in [0.3, 0.4) is 0 Å². The third kappa shape index (κ3) is 1.55. The van der Waals surface area contributed by atoms with E-state index in [1.165, 1.54) is 0 Å². The maximum atomic E-state index is 4.27. The smallest absolute Gasteiger partial charge is 0.131 e. The summed E-state index contributed by atoms with van der Waals surface area (Å²) >= 11 is 0. The van der Waals surface area contributed by atoms with Crippen LogP contribution in [-0.4, -0.2) is 16.0 Å². The van der Waals surface area contributed by atoms with Gasteiger partial charge < -0.3 is 0 Å². The van der Waals surface area contributed by atoms with E-state index < -0.39 is 0 Å². The molecule has 0 atom stereocenters.